The lowest BCUT2D eigenvalue weighted by atomic mass is 10.1. The molecule has 0 aliphatic rings. The van der Waals surface area contributed by atoms with Gasteiger partial charge in [-0.1, -0.05) is 24.3 Å². The first-order valence-electron chi connectivity index (χ1n) is 9.23. The first-order chi connectivity index (χ1) is 13.5. The van der Waals surface area contributed by atoms with Crippen molar-refractivity contribution in [2.45, 2.75) is 19.9 Å². The molecule has 2 N–H and O–H groups in total. The third-order valence-electron chi connectivity index (χ3n) is 4.00. The van der Waals surface area contributed by atoms with Crippen molar-refractivity contribution >= 4 is 35.8 Å². The minimum absolute atomic E-state index is 0. The number of rotatable bonds is 8. The maximum absolute atomic E-state index is 13.0. The van der Waals surface area contributed by atoms with Crippen LogP contribution in [0.25, 0.3) is 0 Å². The summed E-state index contributed by atoms with van der Waals surface area (Å²) in [6, 6.07) is 12.2. The van der Waals surface area contributed by atoms with E-state index in [2.05, 4.69) is 15.6 Å². The van der Waals surface area contributed by atoms with Gasteiger partial charge in [-0.3, -0.25) is 9.79 Å². The molecule has 0 aliphatic carbocycles. The number of nitrogens with one attached hydrogen (secondary N) is 2. The van der Waals surface area contributed by atoms with Gasteiger partial charge in [0.05, 0.1) is 13.0 Å². The molecule has 0 bridgehead atoms. The quantitative estimate of drug-likeness (QED) is 0.245. The normalized spacial score (nSPS) is 10.8. The smallest absolute Gasteiger partial charge is 0.224 e. The Labute approximate surface area is 187 Å². The number of carbonyl (C=O) groups is 1. The molecule has 0 aliphatic heterocycles. The van der Waals surface area contributed by atoms with Crippen LogP contribution in [-0.2, 0) is 17.8 Å². The molecule has 0 saturated heterocycles. The van der Waals surface area contributed by atoms with Crippen molar-refractivity contribution in [1.82, 2.24) is 15.5 Å². The van der Waals surface area contributed by atoms with Crippen molar-refractivity contribution in [1.29, 1.82) is 0 Å². The molecule has 0 saturated carbocycles. The fraction of sp³-hybridized carbons (Fsp3) is 0.333. The molecular formula is C21H27F2IN4O. The van der Waals surface area contributed by atoms with E-state index in [1.165, 1.54) is 24.3 Å². The summed E-state index contributed by atoms with van der Waals surface area (Å²) in [5.41, 5.74) is 1.73. The van der Waals surface area contributed by atoms with Gasteiger partial charge in [0, 0.05) is 26.7 Å². The molecule has 8 heteroatoms. The van der Waals surface area contributed by atoms with Crippen molar-refractivity contribution in [3.8, 4) is 0 Å². The van der Waals surface area contributed by atoms with Crippen LogP contribution in [0.2, 0.25) is 0 Å². The van der Waals surface area contributed by atoms with Crippen LogP contribution in [0, 0.1) is 11.6 Å². The Bertz CT molecular complexity index is 782. The molecule has 2 aromatic rings. The highest BCUT2D eigenvalue weighted by Gasteiger charge is 2.07. The fourth-order valence-electron chi connectivity index (χ4n) is 2.62. The van der Waals surface area contributed by atoms with E-state index in [9.17, 15) is 13.6 Å². The molecule has 0 aromatic heterocycles. The Balaban J connectivity index is 0.00000420. The molecular weight excluding hydrogens is 489 g/mol. The zero-order valence-corrected chi connectivity index (χ0v) is 19.0. The summed E-state index contributed by atoms with van der Waals surface area (Å²) in [7, 11) is 1.90. The predicted octanol–water partition coefficient (Wildman–Crippen LogP) is 3.34. The first kappa shape index (κ1) is 24.8. The van der Waals surface area contributed by atoms with Crippen molar-refractivity contribution in [3.63, 3.8) is 0 Å². The van der Waals surface area contributed by atoms with E-state index < -0.39 is 0 Å². The molecule has 5 nitrogen and oxygen atoms in total. The van der Waals surface area contributed by atoms with E-state index in [1.807, 2.05) is 18.9 Å². The Morgan fingerprint density at radius 3 is 2.07 bits per heavy atom. The van der Waals surface area contributed by atoms with E-state index in [-0.39, 0.29) is 47.9 Å². The highest BCUT2D eigenvalue weighted by atomic mass is 127. The Morgan fingerprint density at radius 1 is 0.966 bits per heavy atom. The van der Waals surface area contributed by atoms with E-state index in [1.54, 1.807) is 24.3 Å². The summed E-state index contributed by atoms with van der Waals surface area (Å²) < 4.78 is 25.9. The maximum atomic E-state index is 13.0. The standard InChI is InChI=1S/C21H26F2N4O.HI/c1-3-24-21(27(2)15-17-6-10-19(23)11-7-17)26-13-12-25-20(28)14-16-4-8-18(22)9-5-16;/h4-11H,3,12-15H2,1-2H3,(H,24,26)(H,25,28);1H. The Kier molecular flexibility index (Phi) is 11.2. The topological polar surface area (TPSA) is 56.7 Å². The molecule has 0 heterocycles. The fourth-order valence-corrected chi connectivity index (χ4v) is 2.62. The number of carbonyl (C=O) groups excluding carboxylic acids is 1. The Morgan fingerprint density at radius 2 is 1.52 bits per heavy atom. The van der Waals surface area contributed by atoms with E-state index in [4.69, 9.17) is 0 Å². The van der Waals surface area contributed by atoms with Gasteiger partial charge in [0.25, 0.3) is 0 Å². The van der Waals surface area contributed by atoms with Gasteiger partial charge in [-0.2, -0.15) is 0 Å². The zero-order chi connectivity index (χ0) is 20.4. The number of guanidine groups is 1. The minimum atomic E-state index is -0.320. The molecule has 158 valence electrons. The van der Waals surface area contributed by atoms with Gasteiger partial charge in [0.2, 0.25) is 5.91 Å². The summed E-state index contributed by atoms with van der Waals surface area (Å²) in [6.07, 6.45) is 0.203. The first-order valence-corrected chi connectivity index (χ1v) is 9.23. The van der Waals surface area contributed by atoms with E-state index in [0.717, 1.165) is 11.1 Å². The summed E-state index contributed by atoms with van der Waals surface area (Å²) in [6.45, 7) is 4.10. The monoisotopic (exact) mass is 516 g/mol. The summed E-state index contributed by atoms with van der Waals surface area (Å²) in [4.78, 5) is 18.4. The average Bonchev–Trinajstić information content (AvgIpc) is 2.68. The number of aliphatic imine (C=N–C) groups is 1. The summed E-state index contributed by atoms with van der Waals surface area (Å²) in [5.74, 6) is -0.00588. The number of halogens is 3. The van der Waals surface area contributed by atoms with Crippen LogP contribution in [-0.4, -0.2) is 43.4 Å². The molecule has 1 amide bonds. The van der Waals surface area contributed by atoms with Gasteiger partial charge >= 0.3 is 0 Å². The van der Waals surface area contributed by atoms with Crippen molar-refractivity contribution in [3.05, 3.63) is 71.3 Å². The number of benzene rings is 2. The lowest BCUT2D eigenvalue weighted by Crippen LogP contribution is -2.39. The molecule has 2 aromatic carbocycles. The van der Waals surface area contributed by atoms with Crippen molar-refractivity contribution in [2.75, 3.05) is 26.7 Å². The summed E-state index contributed by atoms with van der Waals surface area (Å²) >= 11 is 0. The van der Waals surface area contributed by atoms with Gasteiger partial charge in [-0.05, 0) is 42.3 Å². The van der Waals surface area contributed by atoms with Gasteiger partial charge in [0.1, 0.15) is 11.6 Å². The SMILES string of the molecule is CCNC(=NCCNC(=O)Cc1ccc(F)cc1)N(C)Cc1ccc(F)cc1.I. The van der Waals surface area contributed by atoms with Crippen LogP contribution in [0.3, 0.4) is 0 Å². The van der Waals surface area contributed by atoms with Crippen LogP contribution in [0.1, 0.15) is 18.1 Å². The zero-order valence-electron chi connectivity index (χ0n) is 16.6. The second-order valence-electron chi connectivity index (χ2n) is 6.37. The predicted molar refractivity (Wildman–Crippen MR) is 122 cm³/mol. The highest BCUT2D eigenvalue weighted by Crippen LogP contribution is 2.06. The highest BCUT2D eigenvalue weighted by molar-refractivity contribution is 14.0. The van der Waals surface area contributed by atoms with E-state index in [0.29, 0.717) is 32.1 Å². The number of amides is 1. The third-order valence-corrected chi connectivity index (χ3v) is 4.00. The molecule has 0 unspecified atom stereocenters. The second-order valence-corrected chi connectivity index (χ2v) is 6.37. The van der Waals surface area contributed by atoms with Crippen molar-refractivity contribution < 1.29 is 13.6 Å². The van der Waals surface area contributed by atoms with E-state index >= 15 is 0 Å². The van der Waals surface area contributed by atoms with Crippen LogP contribution >= 0.6 is 24.0 Å². The summed E-state index contributed by atoms with van der Waals surface area (Å²) in [5, 5.41) is 6.01. The minimum Gasteiger partial charge on any atom is -0.357 e. The third kappa shape index (κ3) is 9.21. The number of hydrogen-bond donors (Lipinski definition) is 2. The second kappa shape index (κ2) is 13.1. The van der Waals surface area contributed by atoms with Crippen LogP contribution in [0.5, 0.6) is 0 Å². The van der Waals surface area contributed by atoms with Gasteiger partial charge < -0.3 is 15.5 Å². The average molecular weight is 516 g/mol. The maximum Gasteiger partial charge on any atom is 0.224 e. The number of nitrogens with zero attached hydrogens (tertiary/aromatic N) is 2. The van der Waals surface area contributed by atoms with Crippen molar-refractivity contribution in [2.24, 2.45) is 4.99 Å². The van der Waals surface area contributed by atoms with Gasteiger partial charge in [-0.25, -0.2) is 8.78 Å². The molecule has 29 heavy (non-hydrogen) atoms. The molecule has 2 rings (SSSR count). The lowest BCUT2D eigenvalue weighted by Gasteiger charge is -2.22. The lowest BCUT2D eigenvalue weighted by molar-refractivity contribution is -0.120. The number of hydrogen-bond acceptors (Lipinski definition) is 2. The largest absolute Gasteiger partial charge is 0.357 e. The Hall–Kier alpha value is -2.23. The molecule has 0 fully saturated rings. The van der Waals surface area contributed by atoms with Crippen LogP contribution in [0.15, 0.2) is 53.5 Å². The van der Waals surface area contributed by atoms with Gasteiger partial charge in [-0.15, -0.1) is 24.0 Å². The molecule has 0 spiro atoms. The van der Waals surface area contributed by atoms with Crippen LogP contribution < -0.4 is 10.6 Å². The van der Waals surface area contributed by atoms with Gasteiger partial charge in [0.15, 0.2) is 5.96 Å². The molecule has 0 atom stereocenters. The molecule has 0 radical (unpaired) electrons. The van der Waals surface area contributed by atoms with Crippen LogP contribution in [0.4, 0.5) is 8.78 Å².